The molecule has 2 nitrogen and oxygen atoms in total. The van der Waals surface area contributed by atoms with E-state index in [1.807, 2.05) is 0 Å². The first-order chi connectivity index (χ1) is 4.86. The lowest BCUT2D eigenvalue weighted by Gasteiger charge is -2.24. The fourth-order valence-electron chi connectivity index (χ4n) is 2.09. The molecule has 0 amide bonds. The van der Waals surface area contributed by atoms with Crippen LogP contribution >= 0.6 is 0 Å². The lowest BCUT2D eigenvalue weighted by molar-refractivity contribution is -0.000699. The van der Waals surface area contributed by atoms with Gasteiger partial charge in [-0.25, -0.2) is 0 Å². The zero-order valence-electron chi connectivity index (χ0n) is 6.55. The van der Waals surface area contributed by atoms with Gasteiger partial charge in [-0.3, -0.25) is 0 Å². The Hall–Kier alpha value is -0.0800. The fourth-order valence-corrected chi connectivity index (χ4v) is 2.09. The maximum atomic E-state index is 5.63. The van der Waals surface area contributed by atoms with Gasteiger partial charge < -0.3 is 9.64 Å². The van der Waals surface area contributed by atoms with Crippen LogP contribution in [0, 0.1) is 5.92 Å². The Kier molecular flexibility index (Phi) is 1.66. The fraction of sp³-hybridized carbons (Fsp3) is 1.00. The van der Waals surface area contributed by atoms with Gasteiger partial charge in [0.05, 0.1) is 6.10 Å². The molecule has 0 saturated carbocycles. The Morgan fingerprint density at radius 2 is 2.30 bits per heavy atom. The smallest absolute Gasteiger partial charge is 0.0742 e. The van der Waals surface area contributed by atoms with Crippen LogP contribution in [0.4, 0.5) is 0 Å². The molecule has 0 radical (unpaired) electrons. The first kappa shape index (κ1) is 6.62. The van der Waals surface area contributed by atoms with Crippen LogP contribution in [0.3, 0.4) is 0 Å². The Labute approximate surface area is 62.2 Å². The van der Waals surface area contributed by atoms with Crippen LogP contribution in [-0.4, -0.2) is 37.7 Å². The SMILES string of the molecule is CN1C[C@@H]2CCCO[C@@H]2C1. The number of hydrogen-bond acceptors (Lipinski definition) is 2. The third kappa shape index (κ3) is 1.06. The molecule has 0 aromatic rings. The van der Waals surface area contributed by atoms with E-state index in [4.69, 9.17) is 4.74 Å². The molecular formula is C8H15NO. The summed E-state index contributed by atoms with van der Waals surface area (Å²) >= 11 is 0. The molecular weight excluding hydrogens is 126 g/mol. The highest BCUT2D eigenvalue weighted by atomic mass is 16.5. The summed E-state index contributed by atoms with van der Waals surface area (Å²) in [6.07, 6.45) is 3.23. The summed E-state index contributed by atoms with van der Waals surface area (Å²) < 4.78 is 5.63. The van der Waals surface area contributed by atoms with E-state index in [-0.39, 0.29) is 0 Å². The van der Waals surface area contributed by atoms with Gasteiger partial charge in [0, 0.05) is 19.7 Å². The molecule has 2 rings (SSSR count). The van der Waals surface area contributed by atoms with Gasteiger partial charge in [-0.05, 0) is 25.8 Å². The van der Waals surface area contributed by atoms with Gasteiger partial charge in [-0.1, -0.05) is 0 Å². The van der Waals surface area contributed by atoms with E-state index in [1.54, 1.807) is 0 Å². The van der Waals surface area contributed by atoms with Gasteiger partial charge in [0.2, 0.25) is 0 Å². The second-order valence-corrected chi connectivity index (χ2v) is 3.53. The third-order valence-corrected chi connectivity index (χ3v) is 2.61. The molecule has 0 bridgehead atoms. The standard InChI is InChI=1S/C8H15NO/c1-9-5-7-3-2-4-10-8(7)6-9/h7-8H,2-6H2,1H3/t7-,8+/m0/s1. The molecule has 58 valence electrons. The highest BCUT2D eigenvalue weighted by molar-refractivity contribution is 4.85. The largest absolute Gasteiger partial charge is 0.377 e. The number of fused-ring (bicyclic) bond motifs is 1. The first-order valence-electron chi connectivity index (χ1n) is 4.16. The molecule has 2 heterocycles. The number of hydrogen-bond donors (Lipinski definition) is 0. The van der Waals surface area contributed by atoms with E-state index in [0.717, 1.165) is 19.1 Å². The molecule has 2 atom stereocenters. The number of nitrogens with zero attached hydrogens (tertiary/aromatic N) is 1. The van der Waals surface area contributed by atoms with E-state index in [2.05, 4.69) is 11.9 Å². The normalized spacial score (nSPS) is 41.7. The van der Waals surface area contributed by atoms with Crippen LogP contribution in [0.5, 0.6) is 0 Å². The summed E-state index contributed by atoms with van der Waals surface area (Å²) in [5.41, 5.74) is 0. The molecule has 2 saturated heterocycles. The van der Waals surface area contributed by atoms with Crippen molar-refractivity contribution >= 4 is 0 Å². The molecule has 2 aliphatic heterocycles. The summed E-state index contributed by atoms with van der Waals surface area (Å²) in [5, 5.41) is 0. The van der Waals surface area contributed by atoms with Gasteiger partial charge in [-0.15, -0.1) is 0 Å². The number of likely N-dealkylation sites (tertiary alicyclic amines) is 1. The first-order valence-corrected chi connectivity index (χ1v) is 4.16. The minimum absolute atomic E-state index is 0.568. The second-order valence-electron chi connectivity index (χ2n) is 3.53. The average molecular weight is 141 g/mol. The van der Waals surface area contributed by atoms with E-state index < -0.39 is 0 Å². The molecule has 10 heavy (non-hydrogen) atoms. The van der Waals surface area contributed by atoms with Gasteiger partial charge in [0.1, 0.15) is 0 Å². The molecule has 0 N–H and O–H groups in total. The van der Waals surface area contributed by atoms with Crippen molar-refractivity contribution < 1.29 is 4.74 Å². The Morgan fingerprint density at radius 3 is 3.10 bits per heavy atom. The number of likely N-dealkylation sites (N-methyl/N-ethyl adjacent to an activating group) is 1. The van der Waals surface area contributed by atoms with Crippen molar-refractivity contribution in [1.82, 2.24) is 4.90 Å². The van der Waals surface area contributed by atoms with E-state index in [9.17, 15) is 0 Å². The van der Waals surface area contributed by atoms with Crippen LogP contribution in [0.25, 0.3) is 0 Å². The lowest BCUT2D eigenvalue weighted by Crippen LogP contribution is -2.27. The van der Waals surface area contributed by atoms with Crippen molar-refractivity contribution in [1.29, 1.82) is 0 Å². The summed E-state index contributed by atoms with van der Waals surface area (Å²) in [5.74, 6) is 0.846. The summed E-state index contributed by atoms with van der Waals surface area (Å²) in [6, 6.07) is 0. The average Bonchev–Trinajstić information content (AvgIpc) is 2.27. The van der Waals surface area contributed by atoms with Crippen LogP contribution in [0.1, 0.15) is 12.8 Å². The Morgan fingerprint density at radius 1 is 1.40 bits per heavy atom. The molecule has 2 aliphatic rings. The minimum atomic E-state index is 0.568. The zero-order chi connectivity index (χ0) is 6.97. The van der Waals surface area contributed by atoms with Gasteiger partial charge in [0.25, 0.3) is 0 Å². The van der Waals surface area contributed by atoms with Crippen molar-refractivity contribution in [3.63, 3.8) is 0 Å². The van der Waals surface area contributed by atoms with Crippen LogP contribution in [0.2, 0.25) is 0 Å². The van der Waals surface area contributed by atoms with Crippen LogP contribution < -0.4 is 0 Å². The number of ether oxygens (including phenoxy) is 1. The Balaban J connectivity index is 1.97. The minimum Gasteiger partial charge on any atom is -0.377 e. The van der Waals surface area contributed by atoms with Crippen molar-refractivity contribution in [3.8, 4) is 0 Å². The molecule has 0 spiro atoms. The molecule has 0 aromatic carbocycles. The van der Waals surface area contributed by atoms with E-state index >= 15 is 0 Å². The predicted octanol–water partition coefficient (Wildman–Crippen LogP) is 0.727. The highest BCUT2D eigenvalue weighted by Crippen LogP contribution is 2.26. The monoisotopic (exact) mass is 141 g/mol. The van der Waals surface area contributed by atoms with Gasteiger partial charge in [-0.2, -0.15) is 0 Å². The predicted molar refractivity (Wildman–Crippen MR) is 40.0 cm³/mol. The topological polar surface area (TPSA) is 12.5 Å². The second kappa shape index (κ2) is 2.51. The van der Waals surface area contributed by atoms with Gasteiger partial charge in [0.15, 0.2) is 0 Å². The third-order valence-electron chi connectivity index (χ3n) is 2.61. The van der Waals surface area contributed by atoms with Crippen molar-refractivity contribution in [2.75, 3.05) is 26.7 Å². The number of rotatable bonds is 0. The summed E-state index contributed by atoms with van der Waals surface area (Å²) in [6.45, 7) is 3.41. The molecule has 0 aliphatic carbocycles. The van der Waals surface area contributed by atoms with Crippen molar-refractivity contribution in [2.45, 2.75) is 18.9 Å². The van der Waals surface area contributed by atoms with Gasteiger partial charge >= 0.3 is 0 Å². The Bertz CT molecular complexity index is 112. The molecule has 0 aromatic heterocycles. The maximum Gasteiger partial charge on any atom is 0.0742 e. The van der Waals surface area contributed by atoms with E-state index in [1.165, 1.54) is 19.4 Å². The van der Waals surface area contributed by atoms with Crippen LogP contribution in [-0.2, 0) is 4.74 Å². The molecule has 0 unspecified atom stereocenters. The zero-order valence-corrected chi connectivity index (χ0v) is 6.55. The van der Waals surface area contributed by atoms with Crippen LogP contribution in [0.15, 0.2) is 0 Å². The maximum absolute atomic E-state index is 5.63. The highest BCUT2D eigenvalue weighted by Gasteiger charge is 2.33. The summed E-state index contributed by atoms with van der Waals surface area (Å²) in [4.78, 5) is 2.38. The van der Waals surface area contributed by atoms with Crippen molar-refractivity contribution in [3.05, 3.63) is 0 Å². The molecule has 2 fully saturated rings. The molecule has 2 heteroatoms. The van der Waals surface area contributed by atoms with Crippen molar-refractivity contribution in [2.24, 2.45) is 5.92 Å². The van der Waals surface area contributed by atoms with E-state index in [0.29, 0.717) is 6.10 Å². The quantitative estimate of drug-likeness (QED) is 0.493. The summed E-state index contributed by atoms with van der Waals surface area (Å²) in [7, 11) is 2.18. The lowest BCUT2D eigenvalue weighted by atomic mass is 9.98.